The van der Waals surface area contributed by atoms with Crippen LogP contribution in [0.25, 0.3) is 0 Å². The van der Waals surface area contributed by atoms with Gasteiger partial charge in [-0.15, -0.1) is 0 Å². The van der Waals surface area contributed by atoms with Gasteiger partial charge in [0.05, 0.1) is 4.90 Å². The number of hydrogen-bond donors (Lipinski definition) is 2. The predicted molar refractivity (Wildman–Crippen MR) is 107 cm³/mol. The van der Waals surface area contributed by atoms with Gasteiger partial charge in [0, 0.05) is 24.7 Å². The Labute approximate surface area is 161 Å². The Bertz CT molecular complexity index is 740. The van der Waals surface area contributed by atoms with Crippen LogP contribution in [0.4, 0.5) is 5.69 Å². The van der Waals surface area contributed by atoms with Crippen molar-refractivity contribution in [3.05, 3.63) is 24.3 Å². The van der Waals surface area contributed by atoms with Crippen molar-refractivity contribution in [3.63, 3.8) is 0 Å². The number of rotatable bonds is 6. The van der Waals surface area contributed by atoms with Crippen LogP contribution in [0.2, 0.25) is 0 Å². The van der Waals surface area contributed by atoms with Gasteiger partial charge in [-0.25, -0.2) is 8.42 Å². The molecular formula is C18H27N3O3S2. The number of nitrogens with one attached hydrogen (secondary N) is 2. The lowest BCUT2D eigenvalue weighted by atomic mass is 9.89. The second-order valence-corrected chi connectivity index (χ2v) is 8.74. The number of anilines is 1. The Morgan fingerprint density at radius 3 is 2.46 bits per heavy atom. The molecule has 0 aliphatic heterocycles. The molecule has 0 atom stereocenters. The topological polar surface area (TPSA) is 78.5 Å². The zero-order valence-electron chi connectivity index (χ0n) is 15.3. The highest BCUT2D eigenvalue weighted by Crippen LogP contribution is 2.24. The smallest absolute Gasteiger partial charge is 0.243 e. The summed E-state index contributed by atoms with van der Waals surface area (Å²) in [5.41, 5.74) is 0.534. The van der Waals surface area contributed by atoms with E-state index in [1.54, 1.807) is 32.0 Å². The third-order valence-corrected chi connectivity index (χ3v) is 6.90. The van der Waals surface area contributed by atoms with Crippen LogP contribution in [0.3, 0.4) is 0 Å². The fourth-order valence-corrected chi connectivity index (χ4v) is 4.91. The molecule has 0 bridgehead atoms. The quantitative estimate of drug-likeness (QED) is 0.721. The largest absolute Gasteiger partial charge is 0.332 e. The molecule has 1 saturated carbocycles. The summed E-state index contributed by atoms with van der Waals surface area (Å²) in [6, 6.07) is 6.47. The summed E-state index contributed by atoms with van der Waals surface area (Å²) < 4.78 is 26.6. The summed E-state index contributed by atoms with van der Waals surface area (Å²) in [6.07, 6.45) is 5.12. The van der Waals surface area contributed by atoms with Crippen molar-refractivity contribution in [1.29, 1.82) is 0 Å². The molecule has 0 saturated heterocycles. The molecule has 0 aromatic heterocycles. The fourth-order valence-electron chi connectivity index (χ4n) is 3.19. The molecule has 144 valence electrons. The van der Waals surface area contributed by atoms with Gasteiger partial charge in [0.2, 0.25) is 15.9 Å². The number of benzene rings is 1. The van der Waals surface area contributed by atoms with Crippen molar-refractivity contribution in [1.82, 2.24) is 9.62 Å². The second-order valence-electron chi connectivity index (χ2n) is 6.40. The van der Waals surface area contributed by atoms with Crippen molar-refractivity contribution in [2.24, 2.45) is 5.92 Å². The zero-order valence-corrected chi connectivity index (χ0v) is 17.0. The number of amides is 1. The van der Waals surface area contributed by atoms with Crippen LogP contribution in [0.5, 0.6) is 0 Å². The summed E-state index contributed by atoms with van der Waals surface area (Å²) in [5, 5.41) is 5.83. The number of carbonyl (C=O) groups is 1. The second kappa shape index (κ2) is 9.43. The molecule has 8 heteroatoms. The average Bonchev–Trinajstić information content (AvgIpc) is 2.63. The van der Waals surface area contributed by atoms with Gasteiger partial charge < -0.3 is 10.6 Å². The third-order valence-electron chi connectivity index (χ3n) is 4.65. The van der Waals surface area contributed by atoms with E-state index in [1.165, 1.54) is 16.8 Å². The monoisotopic (exact) mass is 397 g/mol. The number of thiocarbonyl (C=S) groups is 1. The highest BCUT2D eigenvalue weighted by molar-refractivity contribution is 7.89. The van der Waals surface area contributed by atoms with Gasteiger partial charge in [0.15, 0.2) is 5.11 Å². The standard InChI is InChI=1S/C18H27N3O3S2/c1-3-21(4-2)26(23,24)16-12-8-11-15(13-16)19-18(25)20-17(22)14-9-6-5-7-10-14/h8,11-14H,3-7,9-10H2,1-2H3,(H2,19,20,22,25). The lowest BCUT2D eigenvalue weighted by Crippen LogP contribution is -2.39. The van der Waals surface area contributed by atoms with E-state index in [9.17, 15) is 13.2 Å². The minimum absolute atomic E-state index is 0.0119. The van der Waals surface area contributed by atoms with E-state index in [0.29, 0.717) is 18.8 Å². The van der Waals surface area contributed by atoms with Crippen molar-refractivity contribution in [2.45, 2.75) is 50.8 Å². The van der Waals surface area contributed by atoms with E-state index in [0.717, 1.165) is 25.7 Å². The summed E-state index contributed by atoms with van der Waals surface area (Å²) in [7, 11) is -3.54. The predicted octanol–water partition coefficient (Wildman–Crippen LogP) is 3.11. The first kappa shape index (κ1) is 20.8. The first-order chi connectivity index (χ1) is 12.4. The van der Waals surface area contributed by atoms with E-state index >= 15 is 0 Å². The normalized spacial score (nSPS) is 15.7. The number of nitrogens with zero attached hydrogens (tertiary/aromatic N) is 1. The van der Waals surface area contributed by atoms with Gasteiger partial charge in [-0.3, -0.25) is 4.79 Å². The molecule has 1 aliphatic carbocycles. The number of carbonyl (C=O) groups excluding carboxylic acids is 1. The molecule has 2 N–H and O–H groups in total. The third kappa shape index (κ3) is 5.25. The van der Waals surface area contributed by atoms with E-state index in [2.05, 4.69) is 10.6 Å². The van der Waals surface area contributed by atoms with E-state index in [-0.39, 0.29) is 21.8 Å². The maximum absolute atomic E-state index is 12.6. The molecule has 1 aromatic rings. The van der Waals surface area contributed by atoms with E-state index in [4.69, 9.17) is 12.2 Å². The highest BCUT2D eigenvalue weighted by Gasteiger charge is 2.23. The minimum atomic E-state index is -3.54. The first-order valence-electron chi connectivity index (χ1n) is 9.10. The van der Waals surface area contributed by atoms with Gasteiger partial charge in [0.25, 0.3) is 0 Å². The summed E-state index contributed by atoms with van der Waals surface area (Å²) in [4.78, 5) is 12.5. The van der Waals surface area contributed by atoms with Crippen LogP contribution in [0.15, 0.2) is 29.2 Å². The van der Waals surface area contributed by atoms with Crippen LogP contribution < -0.4 is 10.6 Å². The van der Waals surface area contributed by atoms with Gasteiger partial charge in [0.1, 0.15) is 0 Å². The summed E-state index contributed by atoms with van der Waals surface area (Å²) in [5.74, 6) is -0.0491. The van der Waals surface area contributed by atoms with Crippen LogP contribution in [0, 0.1) is 5.92 Å². The Morgan fingerprint density at radius 2 is 1.85 bits per heavy atom. The Morgan fingerprint density at radius 1 is 1.19 bits per heavy atom. The average molecular weight is 398 g/mol. The van der Waals surface area contributed by atoms with Gasteiger partial charge >= 0.3 is 0 Å². The van der Waals surface area contributed by atoms with Crippen LogP contribution in [-0.2, 0) is 14.8 Å². The summed E-state index contributed by atoms with van der Waals surface area (Å²) in [6.45, 7) is 4.43. The number of hydrogen-bond acceptors (Lipinski definition) is 4. The molecule has 0 unspecified atom stereocenters. The lowest BCUT2D eigenvalue weighted by molar-refractivity contribution is -0.124. The molecule has 26 heavy (non-hydrogen) atoms. The van der Waals surface area contributed by atoms with Gasteiger partial charge in [-0.05, 0) is 43.3 Å². The van der Waals surface area contributed by atoms with Crippen molar-refractivity contribution in [2.75, 3.05) is 18.4 Å². The molecule has 0 spiro atoms. The first-order valence-corrected chi connectivity index (χ1v) is 10.9. The summed E-state index contributed by atoms with van der Waals surface area (Å²) >= 11 is 5.21. The molecule has 6 nitrogen and oxygen atoms in total. The molecule has 1 amide bonds. The minimum Gasteiger partial charge on any atom is -0.332 e. The highest BCUT2D eigenvalue weighted by atomic mass is 32.2. The molecule has 1 fully saturated rings. The van der Waals surface area contributed by atoms with Gasteiger partial charge in [-0.1, -0.05) is 39.2 Å². The van der Waals surface area contributed by atoms with Gasteiger partial charge in [-0.2, -0.15) is 4.31 Å². The van der Waals surface area contributed by atoms with Crippen LogP contribution in [0.1, 0.15) is 46.0 Å². The van der Waals surface area contributed by atoms with Crippen LogP contribution >= 0.6 is 12.2 Å². The van der Waals surface area contributed by atoms with Crippen LogP contribution in [-0.4, -0.2) is 36.8 Å². The van der Waals surface area contributed by atoms with E-state index in [1.807, 2.05) is 0 Å². The molecule has 1 aliphatic rings. The Balaban J connectivity index is 2.03. The number of sulfonamides is 1. The fraction of sp³-hybridized carbons (Fsp3) is 0.556. The van der Waals surface area contributed by atoms with Crippen molar-refractivity contribution >= 4 is 38.9 Å². The maximum atomic E-state index is 12.6. The van der Waals surface area contributed by atoms with Crippen molar-refractivity contribution < 1.29 is 13.2 Å². The SMILES string of the molecule is CCN(CC)S(=O)(=O)c1cccc(NC(=S)NC(=O)C2CCCCC2)c1. The zero-order chi connectivity index (χ0) is 19.2. The molecule has 2 rings (SSSR count). The maximum Gasteiger partial charge on any atom is 0.243 e. The molecular weight excluding hydrogens is 370 g/mol. The lowest BCUT2D eigenvalue weighted by Gasteiger charge is -2.21. The van der Waals surface area contributed by atoms with E-state index < -0.39 is 10.0 Å². The molecule has 0 radical (unpaired) electrons. The molecule has 1 aromatic carbocycles. The molecule has 0 heterocycles. The Hall–Kier alpha value is -1.51. The Kier molecular flexibility index (Phi) is 7.55. The van der Waals surface area contributed by atoms with Crippen molar-refractivity contribution in [3.8, 4) is 0 Å².